The second-order valence-electron chi connectivity index (χ2n) is 4.85. The smallest absolute Gasteiger partial charge is 0.0242 e. The highest BCUT2D eigenvalue weighted by atomic mass is 15.1. The summed E-state index contributed by atoms with van der Waals surface area (Å²) in [6.45, 7) is 5.78. The quantitative estimate of drug-likeness (QED) is 0.758. The molecule has 0 saturated heterocycles. The first kappa shape index (κ1) is 17.6. The van der Waals surface area contributed by atoms with Gasteiger partial charge in [0.05, 0.1) is 0 Å². The summed E-state index contributed by atoms with van der Waals surface area (Å²) in [5.41, 5.74) is 4.35. The molecule has 0 amide bonds. The Balaban J connectivity index is 0.00000116. The van der Waals surface area contributed by atoms with Crippen molar-refractivity contribution < 1.29 is 0 Å². The van der Waals surface area contributed by atoms with E-state index in [4.69, 9.17) is 12.8 Å². The average molecular weight is 289 g/mol. The van der Waals surface area contributed by atoms with E-state index in [2.05, 4.69) is 48.1 Å². The molecule has 2 aromatic rings. The van der Waals surface area contributed by atoms with Crippen LogP contribution in [-0.4, -0.2) is 11.9 Å². The minimum absolute atomic E-state index is 0.891. The van der Waals surface area contributed by atoms with E-state index in [1.807, 2.05) is 38.1 Å². The zero-order valence-electron chi connectivity index (χ0n) is 13.6. The average Bonchev–Trinajstić information content (AvgIpc) is 2.58. The third-order valence-corrected chi connectivity index (χ3v) is 3.15. The lowest BCUT2D eigenvalue weighted by Gasteiger charge is -2.17. The van der Waals surface area contributed by atoms with Crippen LogP contribution in [0.4, 0.5) is 0 Å². The van der Waals surface area contributed by atoms with Gasteiger partial charge in [-0.2, -0.15) is 0 Å². The van der Waals surface area contributed by atoms with Crippen molar-refractivity contribution in [3.05, 3.63) is 70.8 Å². The van der Waals surface area contributed by atoms with Gasteiger partial charge in [0, 0.05) is 24.2 Å². The first-order valence-electron chi connectivity index (χ1n) is 7.51. The lowest BCUT2D eigenvalue weighted by atomic mass is 10.1. The molecule has 0 aliphatic rings. The van der Waals surface area contributed by atoms with Crippen molar-refractivity contribution in [2.24, 2.45) is 0 Å². The van der Waals surface area contributed by atoms with Crippen molar-refractivity contribution in [1.82, 2.24) is 4.90 Å². The van der Waals surface area contributed by atoms with Crippen LogP contribution in [0.25, 0.3) is 0 Å². The van der Waals surface area contributed by atoms with Crippen LogP contribution in [0.2, 0.25) is 0 Å². The van der Waals surface area contributed by atoms with E-state index >= 15 is 0 Å². The van der Waals surface area contributed by atoms with Gasteiger partial charge < -0.3 is 0 Å². The second-order valence-corrected chi connectivity index (χ2v) is 4.85. The number of nitrogens with zero attached hydrogens (tertiary/aromatic N) is 1. The Morgan fingerprint density at radius 3 is 1.32 bits per heavy atom. The number of hydrogen-bond donors (Lipinski definition) is 0. The Bertz CT molecular complexity index is 577. The molecule has 0 atom stereocenters. The lowest BCUT2D eigenvalue weighted by Crippen LogP contribution is -2.17. The summed E-state index contributed by atoms with van der Waals surface area (Å²) in [7, 11) is 2.10. The molecule has 2 rings (SSSR count). The summed E-state index contributed by atoms with van der Waals surface area (Å²) in [6, 6.07) is 16.2. The normalized spacial score (nSPS) is 9.36. The molecule has 0 aliphatic heterocycles. The summed E-state index contributed by atoms with van der Waals surface area (Å²) < 4.78 is 0. The molecule has 112 valence electrons. The molecule has 0 N–H and O–H groups in total. The summed E-state index contributed by atoms with van der Waals surface area (Å²) in [4.78, 5) is 2.26. The van der Waals surface area contributed by atoms with Gasteiger partial charge in [-0.15, -0.1) is 12.8 Å². The summed E-state index contributed by atoms with van der Waals surface area (Å²) in [5, 5.41) is 0. The third-order valence-electron chi connectivity index (χ3n) is 3.15. The van der Waals surface area contributed by atoms with Crippen molar-refractivity contribution >= 4 is 0 Å². The Morgan fingerprint density at radius 2 is 1.05 bits per heavy atom. The molecule has 0 bridgehead atoms. The number of benzene rings is 2. The topological polar surface area (TPSA) is 3.24 Å². The third kappa shape index (κ3) is 5.49. The lowest BCUT2D eigenvalue weighted by molar-refractivity contribution is 0.319. The monoisotopic (exact) mass is 289 g/mol. The second kappa shape index (κ2) is 9.46. The zero-order valence-corrected chi connectivity index (χ0v) is 13.6. The molecule has 0 unspecified atom stereocenters. The fourth-order valence-corrected chi connectivity index (χ4v) is 2.09. The van der Waals surface area contributed by atoms with Gasteiger partial charge in [-0.05, 0) is 42.4 Å². The Hall–Kier alpha value is -2.48. The maximum atomic E-state index is 5.35. The molecular formula is C21H23N. The van der Waals surface area contributed by atoms with Crippen LogP contribution >= 0.6 is 0 Å². The van der Waals surface area contributed by atoms with Crippen molar-refractivity contribution in [3.8, 4) is 24.7 Å². The Morgan fingerprint density at radius 1 is 0.727 bits per heavy atom. The van der Waals surface area contributed by atoms with E-state index in [9.17, 15) is 0 Å². The number of hydrogen-bond acceptors (Lipinski definition) is 1. The van der Waals surface area contributed by atoms with E-state index in [1.165, 1.54) is 11.1 Å². The van der Waals surface area contributed by atoms with E-state index in [-0.39, 0.29) is 0 Å². The van der Waals surface area contributed by atoms with Crippen LogP contribution in [0.15, 0.2) is 48.5 Å². The van der Waals surface area contributed by atoms with Crippen molar-refractivity contribution in [1.29, 1.82) is 0 Å². The highest BCUT2D eigenvalue weighted by molar-refractivity contribution is 5.35. The van der Waals surface area contributed by atoms with Crippen LogP contribution in [-0.2, 0) is 13.1 Å². The van der Waals surface area contributed by atoms with Gasteiger partial charge >= 0.3 is 0 Å². The van der Waals surface area contributed by atoms with E-state index < -0.39 is 0 Å². The van der Waals surface area contributed by atoms with Crippen LogP contribution in [0.3, 0.4) is 0 Å². The van der Waals surface area contributed by atoms with Crippen LogP contribution in [0, 0.1) is 24.7 Å². The fourth-order valence-electron chi connectivity index (χ4n) is 2.09. The molecule has 0 radical (unpaired) electrons. The van der Waals surface area contributed by atoms with Crippen LogP contribution < -0.4 is 0 Å². The van der Waals surface area contributed by atoms with Gasteiger partial charge in [0.15, 0.2) is 0 Å². The van der Waals surface area contributed by atoms with E-state index in [0.717, 1.165) is 24.2 Å². The molecule has 0 saturated carbocycles. The Kier molecular flexibility index (Phi) is 7.55. The molecule has 0 aromatic heterocycles. The molecule has 22 heavy (non-hydrogen) atoms. The number of rotatable bonds is 4. The van der Waals surface area contributed by atoms with Crippen LogP contribution in [0.5, 0.6) is 0 Å². The van der Waals surface area contributed by atoms with Gasteiger partial charge in [-0.1, -0.05) is 50.0 Å². The van der Waals surface area contributed by atoms with Crippen molar-refractivity contribution in [2.45, 2.75) is 26.9 Å². The van der Waals surface area contributed by atoms with Crippen LogP contribution in [0.1, 0.15) is 36.1 Å². The van der Waals surface area contributed by atoms with Crippen molar-refractivity contribution in [3.63, 3.8) is 0 Å². The van der Waals surface area contributed by atoms with Gasteiger partial charge in [0.2, 0.25) is 0 Å². The summed E-state index contributed by atoms with van der Waals surface area (Å²) >= 11 is 0. The summed E-state index contributed by atoms with van der Waals surface area (Å²) in [5.74, 6) is 5.26. The Labute approximate surface area is 135 Å². The molecular weight excluding hydrogens is 266 g/mol. The largest absolute Gasteiger partial charge is 0.298 e. The highest BCUT2D eigenvalue weighted by Crippen LogP contribution is 2.10. The molecule has 0 aliphatic carbocycles. The minimum atomic E-state index is 0.891. The maximum absolute atomic E-state index is 5.35. The minimum Gasteiger partial charge on any atom is -0.298 e. The highest BCUT2D eigenvalue weighted by Gasteiger charge is 2.02. The van der Waals surface area contributed by atoms with E-state index in [0.29, 0.717) is 0 Å². The van der Waals surface area contributed by atoms with Crippen molar-refractivity contribution in [2.75, 3.05) is 7.05 Å². The van der Waals surface area contributed by atoms with Gasteiger partial charge in [-0.3, -0.25) is 4.90 Å². The first-order chi connectivity index (χ1) is 10.7. The molecule has 1 heteroatoms. The molecule has 0 heterocycles. The zero-order chi connectivity index (χ0) is 16.4. The molecule has 1 nitrogen and oxygen atoms in total. The standard InChI is InChI=1S/C19H17N.C2H6/c1-4-16-6-10-18(11-7-16)14-20(3)15-19-12-8-17(5-2)9-13-19;1-2/h1-2,6-13H,14-15H2,3H3;1-2H3. The maximum Gasteiger partial charge on any atom is 0.0242 e. The predicted molar refractivity (Wildman–Crippen MR) is 95.3 cm³/mol. The number of terminal acetylenes is 2. The predicted octanol–water partition coefficient (Wildman–Crippen LogP) is 4.31. The van der Waals surface area contributed by atoms with Gasteiger partial charge in [0.1, 0.15) is 0 Å². The molecule has 0 spiro atoms. The SMILES string of the molecule is C#Cc1ccc(CN(C)Cc2ccc(C#C)cc2)cc1.CC. The van der Waals surface area contributed by atoms with Gasteiger partial charge in [-0.25, -0.2) is 0 Å². The van der Waals surface area contributed by atoms with E-state index in [1.54, 1.807) is 0 Å². The van der Waals surface area contributed by atoms with Gasteiger partial charge in [0.25, 0.3) is 0 Å². The first-order valence-corrected chi connectivity index (χ1v) is 7.51. The molecule has 0 fully saturated rings. The summed E-state index contributed by atoms with van der Waals surface area (Å²) in [6.07, 6.45) is 10.7. The molecule has 2 aromatic carbocycles. The fraction of sp³-hybridized carbons (Fsp3) is 0.238.